The average Bonchev–Trinajstić information content (AvgIpc) is 2.68. The van der Waals surface area contributed by atoms with Crippen molar-refractivity contribution >= 4 is 11.8 Å². The van der Waals surface area contributed by atoms with E-state index < -0.39 is 5.41 Å². The zero-order chi connectivity index (χ0) is 19.6. The number of rotatable bonds is 5. The molecule has 1 saturated heterocycles. The second kappa shape index (κ2) is 7.78. The summed E-state index contributed by atoms with van der Waals surface area (Å²) in [6.07, 6.45) is 5.10. The van der Waals surface area contributed by atoms with E-state index in [1.807, 2.05) is 35.2 Å². The lowest BCUT2D eigenvalue weighted by atomic mass is 9.71. The van der Waals surface area contributed by atoms with Crippen molar-refractivity contribution in [2.75, 3.05) is 13.1 Å². The Hall–Kier alpha value is -2.62. The number of benzene rings is 2. The van der Waals surface area contributed by atoms with Gasteiger partial charge in [0, 0.05) is 19.0 Å². The Labute approximate surface area is 166 Å². The quantitative estimate of drug-likeness (QED) is 0.863. The van der Waals surface area contributed by atoms with E-state index in [0.717, 1.165) is 36.0 Å². The Morgan fingerprint density at radius 1 is 0.964 bits per heavy atom. The summed E-state index contributed by atoms with van der Waals surface area (Å²) in [5.41, 5.74) is 8.78. The van der Waals surface area contributed by atoms with E-state index in [4.69, 9.17) is 5.73 Å². The summed E-state index contributed by atoms with van der Waals surface area (Å²) < 4.78 is 0. The summed E-state index contributed by atoms with van der Waals surface area (Å²) in [6.45, 7) is 1.26. The highest BCUT2D eigenvalue weighted by atomic mass is 16.2. The number of amides is 2. The van der Waals surface area contributed by atoms with Gasteiger partial charge in [-0.3, -0.25) is 9.59 Å². The van der Waals surface area contributed by atoms with E-state index in [-0.39, 0.29) is 17.7 Å². The molecule has 4 rings (SSSR count). The van der Waals surface area contributed by atoms with Gasteiger partial charge in [0.15, 0.2) is 0 Å². The molecule has 2 aromatic rings. The summed E-state index contributed by atoms with van der Waals surface area (Å²) in [4.78, 5) is 27.0. The average molecular weight is 377 g/mol. The van der Waals surface area contributed by atoms with Gasteiger partial charge in [-0.2, -0.15) is 0 Å². The Kier molecular flexibility index (Phi) is 5.21. The van der Waals surface area contributed by atoms with Crippen molar-refractivity contribution in [3.63, 3.8) is 0 Å². The number of hydrogen-bond acceptors (Lipinski definition) is 2. The van der Waals surface area contributed by atoms with E-state index in [2.05, 4.69) is 24.3 Å². The number of primary amides is 1. The topological polar surface area (TPSA) is 63.4 Å². The van der Waals surface area contributed by atoms with Crippen molar-refractivity contribution in [3.05, 3.63) is 60.2 Å². The lowest BCUT2D eigenvalue weighted by molar-refractivity contribution is -0.143. The molecule has 2 N–H and O–H groups in total. The maximum Gasteiger partial charge on any atom is 0.225 e. The van der Waals surface area contributed by atoms with Gasteiger partial charge in [0.05, 0.1) is 5.41 Å². The monoisotopic (exact) mass is 376 g/mol. The van der Waals surface area contributed by atoms with Gasteiger partial charge in [-0.1, -0.05) is 61.0 Å². The molecule has 2 fully saturated rings. The molecule has 0 aromatic heterocycles. The third-order valence-electron chi connectivity index (χ3n) is 6.64. The van der Waals surface area contributed by atoms with Gasteiger partial charge in [0.25, 0.3) is 0 Å². The highest BCUT2D eigenvalue weighted by molar-refractivity contribution is 5.83. The normalized spacial score (nSPS) is 19.1. The number of piperidine rings is 1. The number of likely N-dealkylation sites (tertiary alicyclic amines) is 1. The molecule has 0 radical (unpaired) electrons. The van der Waals surface area contributed by atoms with Crippen LogP contribution in [0.2, 0.25) is 0 Å². The van der Waals surface area contributed by atoms with Crippen LogP contribution in [0, 0.1) is 11.3 Å². The van der Waals surface area contributed by atoms with Gasteiger partial charge in [0.2, 0.25) is 11.8 Å². The SMILES string of the molecule is NC(=O)C1(Cc2ccccc2-c2ccccc2)CCN(C(=O)C2CCC2)CC1. The van der Waals surface area contributed by atoms with Gasteiger partial charge in [-0.15, -0.1) is 0 Å². The molecular formula is C24H28N2O2. The molecule has 1 aliphatic heterocycles. The smallest absolute Gasteiger partial charge is 0.225 e. The third kappa shape index (κ3) is 3.56. The van der Waals surface area contributed by atoms with Crippen molar-refractivity contribution in [1.82, 2.24) is 4.90 Å². The van der Waals surface area contributed by atoms with Crippen LogP contribution in [0.25, 0.3) is 11.1 Å². The van der Waals surface area contributed by atoms with Crippen LogP contribution in [-0.2, 0) is 16.0 Å². The molecule has 4 nitrogen and oxygen atoms in total. The third-order valence-corrected chi connectivity index (χ3v) is 6.64. The van der Waals surface area contributed by atoms with Crippen LogP contribution in [0.15, 0.2) is 54.6 Å². The van der Waals surface area contributed by atoms with E-state index in [1.165, 1.54) is 0 Å². The van der Waals surface area contributed by atoms with Crippen LogP contribution in [0.1, 0.15) is 37.7 Å². The molecule has 0 bridgehead atoms. The fraction of sp³-hybridized carbons (Fsp3) is 0.417. The predicted octanol–water partition coefficient (Wildman–Crippen LogP) is 3.79. The maximum absolute atomic E-state index is 12.6. The second-order valence-electron chi connectivity index (χ2n) is 8.30. The summed E-state index contributed by atoms with van der Waals surface area (Å²) >= 11 is 0. The van der Waals surface area contributed by atoms with Gasteiger partial charge in [0.1, 0.15) is 0 Å². The van der Waals surface area contributed by atoms with Crippen molar-refractivity contribution in [1.29, 1.82) is 0 Å². The number of hydrogen-bond donors (Lipinski definition) is 1. The number of carbonyl (C=O) groups is 2. The molecule has 1 saturated carbocycles. The minimum atomic E-state index is -0.582. The molecule has 0 unspecified atom stereocenters. The van der Waals surface area contributed by atoms with Crippen molar-refractivity contribution in [2.24, 2.45) is 17.1 Å². The van der Waals surface area contributed by atoms with Crippen LogP contribution >= 0.6 is 0 Å². The summed E-state index contributed by atoms with van der Waals surface area (Å²) in [5.74, 6) is 0.236. The number of carbonyl (C=O) groups excluding carboxylic acids is 2. The largest absolute Gasteiger partial charge is 0.369 e. The van der Waals surface area contributed by atoms with E-state index in [0.29, 0.717) is 32.4 Å². The van der Waals surface area contributed by atoms with Crippen molar-refractivity contribution < 1.29 is 9.59 Å². The fourth-order valence-corrected chi connectivity index (χ4v) is 4.52. The zero-order valence-corrected chi connectivity index (χ0v) is 16.3. The van der Waals surface area contributed by atoms with Crippen molar-refractivity contribution in [3.8, 4) is 11.1 Å². The molecule has 2 aromatic carbocycles. The van der Waals surface area contributed by atoms with Crippen LogP contribution in [0.5, 0.6) is 0 Å². The van der Waals surface area contributed by atoms with Gasteiger partial charge in [-0.25, -0.2) is 0 Å². The number of nitrogens with zero attached hydrogens (tertiary/aromatic N) is 1. The first-order valence-electron chi connectivity index (χ1n) is 10.3. The summed E-state index contributed by atoms with van der Waals surface area (Å²) in [5, 5.41) is 0. The molecule has 4 heteroatoms. The van der Waals surface area contributed by atoms with E-state index in [1.54, 1.807) is 0 Å². The molecule has 28 heavy (non-hydrogen) atoms. The second-order valence-corrected chi connectivity index (χ2v) is 8.30. The Balaban J connectivity index is 1.54. The van der Waals surface area contributed by atoms with Gasteiger partial charge >= 0.3 is 0 Å². The highest BCUT2D eigenvalue weighted by Gasteiger charge is 2.42. The minimum absolute atomic E-state index is 0.208. The highest BCUT2D eigenvalue weighted by Crippen LogP contribution is 2.39. The Morgan fingerprint density at radius 2 is 1.61 bits per heavy atom. The molecule has 2 aliphatic rings. The number of nitrogens with two attached hydrogens (primary N) is 1. The van der Waals surface area contributed by atoms with Crippen molar-refractivity contribution in [2.45, 2.75) is 38.5 Å². The van der Waals surface area contributed by atoms with Gasteiger partial charge < -0.3 is 10.6 Å². The zero-order valence-electron chi connectivity index (χ0n) is 16.3. The fourth-order valence-electron chi connectivity index (χ4n) is 4.52. The standard InChI is InChI=1S/C24H28N2O2/c25-23(28)24(13-15-26(16-14-24)22(27)19-10-6-11-19)17-20-9-4-5-12-21(20)18-7-2-1-3-8-18/h1-5,7-9,12,19H,6,10-11,13-17H2,(H2,25,28). The Morgan fingerprint density at radius 3 is 2.21 bits per heavy atom. The summed E-state index contributed by atoms with van der Waals surface area (Å²) in [6, 6.07) is 18.5. The minimum Gasteiger partial charge on any atom is -0.369 e. The molecule has 1 aliphatic carbocycles. The van der Waals surface area contributed by atoms with Crippen LogP contribution in [-0.4, -0.2) is 29.8 Å². The molecule has 1 heterocycles. The molecular weight excluding hydrogens is 348 g/mol. The lowest BCUT2D eigenvalue weighted by Gasteiger charge is -2.42. The van der Waals surface area contributed by atoms with E-state index >= 15 is 0 Å². The molecule has 146 valence electrons. The van der Waals surface area contributed by atoms with Gasteiger partial charge in [-0.05, 0) is 48.8 Å². The van der Waals surface area contributed by atoms with E-state index in [9.17, 15) is 9.59 Å². The molecule has 2 amide bonds. The molecule has 0 atom stereocenters. The van der Waals surface area contributed by atoms with Crippen LogP contribution < -0.4 is 5.73 Å². The van der Waals surface area contributed by atoms with Crippen LogP contribution in [0.4, 0.5) is 0 Å². The maximum atomic E-state index is 12.6. The first-order chi connectivity index (χ1) is 13.6. The first-order valence-corrected chi connectivity index (χ1v) is 10.3. The van der Waals surface area contributed by atoms with Crippen LogP contribution in [0.3, 0.4) is 0 Å². The molecule has 0 spiro atoms. The lowest BCUT2D eigenvalue weighted by Crippen LogP contribution is -2.51. The first kappa shape index (κ1) is 18.7. The Bertz CT molecular complexity index is 850. The predicted molar refractivity (Wildman–Crippen MR) is 110 cm³/mol. The summed E-state index contributed by atoms with van der Waals surface area (Å²) in [7, 11) is 0.